The van der Waals surface area contributed by atoms with E-state index >= 15 is 0 Å². The van der Waals surface area contributed by atoms with Crippen molar-refractivity contribution < 1.29 is 22.8 Å². The second-order valence-electron chi connectivity index (χ2n) is 6.62. The lowest BCUT2D eigenvalue weighted by atomic mass is 10.1. The normalized spacial score (nSPS) is 21.2. The van der Waals surface area contributed by atoms with Crippen molar-refractivity contribution in [1.82, 2.24) is 9.80 Å². The third-order valence-electron chi connectivity index (χ3n) is 4.85. The van der Waals surface area contributed by atoms with Crippen molar-refractivity contribution in [2.75, 3.05) is 25.1 Å². The summed E-state index contributed by atoms with van der Waals surface area (Å²) >= 11 is 3.29. The summed E-state index contributed by atoms with van der Waals surface area (Å²) in [6, 6.07) is 4.65. The zero-order chi connectivity index (χ0) is 19.1. The number of carbonyl (C=O) groups is 3. The van der Waals surface area contributed by atoms with E-state index in [0.29, 0.717) is 24.0 Å². The molecule has 1 aromatic carbocycles. The second kappa shape index (κ2) is 7.11. The third-order valence-corrected chi connectivity index (χ3v) is 7.10. The van der Waals surface area contributed by atoms with E-state index in [1.165, 1.54) is 4.90 Å². The maximum absolute atomic E-state index is 12.4. The molecule has 140 valence electrons. The molecule has 3 amide bonds. The van der Waals surface area contributed by atoms with Crippen LogP contribution in [0, 0.1) is 0 Å². The van der Waals surface area contributed by atoms with Crippen LogP contribution < -0.4 is 0 Å². The van der Waals surface area contributed by atoms with Crippen molar-refractivity contribution in [3.63, 3.8) is 0 Å². The number of rotatable bonds is 5. The summed E-state index contributed by atoms with van der Waals surface area (Å²) in [5.74, 6) is -0.761. The molecule has 0 aromatic heterocycles. The Morgan fingerprint density at radius 1 is 1.27 bits per heavy atom. The average molecular weight is 443 g/mol. The fourth-order valence-electron chi connectivity index (χ4n) is 3.32. The SMILES string of the molecule is CN(C(=O)CCCN1C(=O)c2ccc(Br)cc2C1=O)C1CCS(=O)(=O)C1. The second-order valence-corrected chi connectivity index (χ2v) is 9.76. The number of fused-ring (bicyclic) bond motifs is 1. The molecule has 2 aliphatic rings. The molecule has 0 bridgehead atoms. The Morgan fingerprint density at radius 2 is 1.96 bits per heavy atom. The van der Waals surface area contributed by atoms with Gasteiger partial charge in [-0.25, -0.2) is 8.42 Å². The Balaban J connectivity index is 1.55. The van der Waals surface area contributed by atoms with E-state index in [2.05, 4.69) is 15.9 Å². The van der Waals surface area contributed by atoms with Gasteiger partial charge in [-0.15, -0.1) is 0 Å². The number of imide groups is 1. The van der Waals surface area contributed by atoms with Crippen LogP contribution in [0.4, 0.5) is 0 Å². The zero-order valence-electron chi connectivity index (χ0n) is 14.3. The van der Waals surface area contributed by atoms with Crippen molar-refractivity contribution in [3.8, 4) is 0 Å². The summed E-state index contributed by atoms with van der Waals surface area (Å²) in [4.78, 5) is 39.6. The van der Waals surface area contributed by atoms with Crippen LogP contribution in [0.2, 0.25) is 0 Å². The molecule has 0 saturated carbocycles. The highest BCUT2D eigenvalue weighted by atomic mass is 79.9. The van der Waals surface area contributed by atoms with Crippen LogP contribution >= 0.6 is 15.9 Å². The molecule has 1 atom stereocenters. The fraction of sp³-hybridized carbons (Fsp3) is 0.471. The quantitative estimate of drug-likeness (QED) is 0.643. The van der Waals surface area contributed by atoms with Crippen LogP contribution in [0.3, 0.4) is 0 Å². The van der Waals surface area contributed by atoms with Gasteiger partial charge in [0.1, 0.15) is 0 Å². The predicted octanol–water partition coefficient (Wildman–Crippen LogP) is 1.47. The molecule has 26 heavy (non-hydrogen) atoms. The first-order valence-electron chi connectivity index (χ1n) is 8.31. The molecule has 0 N–H and O–H groups in total. The molecule has 1 unspecified atom stereocenters. The molecular formula is C17H19BrN2O5S. The molecule has 9 heteroatoms. The molecule has 2 aliphatic heterocycles. The maximum atomic E-state index is 12.4. The summed E-state index contributed by atoms with van der Waals surface area (Å²) in [5.41, 5.74) is 0.738. The van der Waals surface area contributed by atoms with Crippen molar-refractivity contribution in [1.29, 1.82) is 0 Å². The number of carbonyl (C=O) groups excluding carboxylic acids is 3. The Hall–Kier alpha value is -1.74. The minimum atomic E-state index is -3.05. The van der Waals surface area contributed by atoms with Gasteiger partial charge in [0.25, 0.3) is 11.8 Å². The molecule has 0 aliphatic carbocycles. The van der Waals surface area contributed by atoms with E-state index in [0.717, 1.165) is 9.37 Å². The highest BCUT2D eigenvalue weighted by Crippen LogP contribution is 2.26. The Labute approximate surface area is 160 Å². The lowest BCUT2D eigenvalue weighted by Gasteiger charge is -2.23. The third kappa shape index (κ3) is 3.68. The molecule has 2 heterocycles. The van der Waals surface area contributed by atoms with Gasteiger partial charge in [-0.05, 0) is 31.0 Å². The van der Waals surface area contributed by atoms with E-state index in [-0.39, 0.29) is 48.2 Å². The molecule has 1 fully saturated rings. The number of amides is 3. The van der Waals surface area contributed by atoms with Crippen molar-refractivity contribution in [2.24, 2.45) is 0 Å². The summed E-state index contributed by atoms with van der Waals surface area (Å²) in [6.07, 6.45) is 0.956. The first-order valence-corrected chi connectivity index (χ1v) is 10.9. The topological polar surface area (TPSA) is 91.8 Å². The van der Waals surface area contributed by atoms with Gasteiger partial charge in [0.15, 0.2) is 9.84 Å². The van der Waals surface area contributed by atoms with Crippen molar-refractivity contribution in [2.45, 2.75) is 25.3 Å². The van der Waals surface area contributed by atoms with Gasteiger partial charge in [-0.3, -0.25) is 19.3 Å². The summed E-state index contributed by atoms with van der Waals surface area (Å²) in [5, 5.41) is 0. The van der Waals surface area contributed by atoms with Crippen LogP contribution in [0.15, 0.2) is 22.7 Å². The Bertz CT molecular complexity index is 883. The van der Waals surface area contributed by atoms with Gasteiger partial charge in [-0.1, -0.05) is 15.9 Å². The van der Waals surface area contributed by atoms with Gasteiger partial charge in [0, 0.05) is 30.5 Å². The Kier molecular flexibility index (Phi) is 5.21. The van der Waals surface area contributed by atoms with Crippen LogP contribution in [0.25, 0.3) is 0 Å². The largest absolute Gasteiger partial charge is 0.342 e. The highest BCUT2D eigenvalue weighted by Gasteiger charge is 2.36. The predicted molar refractivity (Wildman–Crippen MR) is 98.6 cm³/mol. The molecule has 0 spiro atoms. The van der Waals surface area contributed by atoms with E-state index in [4.69, 9.17) is 0 Å². The minimum Gasteiger partial charge on any atom is -0.342 e. The number of hydrogen-bond acceptors (Lipinski definition) is 5. The lowest BCUT2D eigenvalue weighted by molar-refractivity contribution is -0.131. The van der Waals surface area contributed by atoms with Crippen LogP contribution in [-0.2, 0) is 14.6 Å². The Morgan fingerprint density at radius 3 is 2.62 bits per heavy atom. The van der Waals surface area contributed by atoms with Gasteiger partial charge in [-0.2, -0.15) is 0 Å². The maximum Gasteiger partial charge on any atom is 0.261 e. The van der Waals surface area contributed by atoms with Gasteiger partial charge < -0.3 is 4.90 Å². The van der Waals surface area contributed by atoms with E-state index in [1.54, 1.807) is 25.2 Å². The number of halogens is 1. The standard InChI is InChI=1S/C17H19BrN2O5S/c1-19(12-6-8-26(24,25)10-12)15(21)3-2-7-20-16(22)13-5-4-11(18)9-14(13)17(20)23/h4-5,9,12H,2-3,6-8,10H2,1H3. The number of hydrogen-bond donors (Lipinski definition) is 0. The fourth-order valence-corrected chi connectivity index (χ4v) is 5.45. The van der Waals surface area contributed by atoms with Crippen LogP contribution in [0.5, 0.6) is 0 Å². The molecule has 1 aromatic rings. The summed E-state index contributed by atoms with van der Waals surface area (Å²) in [7, 11) is -1.45. The van der Waals surface area contributed by atoms with Crippen LogP contribution in [0.1, 0.15) is 40.0 Å². The summed E-state index contributed by atoms with van der Waals surface area (Å²) < 4.78 is 23.8. The van der Waals surface area contributed by atoms with Crippen molar-refractivity contribution in [3.05, 3.63) is 33.8 Å². The minimum absolute atomic E-state index is 0.00250. The monoisotopic (exact) mass is 442 g/mol. The number of nitrogens with zero attached hydrogens (tertiary/aromatic N) is 2. The molecule has 7 nitrogen and oxygen atoms in total. The van der Waals surface area contributed by atoms with Crippen LogP contribution in [-0.4, -0.2) is 67.1 Å². The smallest absolute Gasteiger partial charge is 0.261 e. The molecular weight excluding hydrogens is 424 g/mol. The van der Waals surface area contributed by atoms with Gasteiger partial charge in [0.05, 0.1) is 22.6 Å². The summed E-state index contributed by atoms with van der Waals surface area (Å²) in [6.45, 7) is 0.159. The number of sulfone groups is 1. The van der Waals surface area contributed by atoms with Gasteiger partial charge in [0.2, 0.25) is 5.91 Å². The van der Waals surface area contributed by atoms with E-state index in [1.807, 2.05) is 0 Å². The first kappa shape index (κ1) is 19.0. The molecule has 3 rings (SSSR count). The van der Waals surface area contributed by atoms with E-state index < -0.39 is 9.84 Å². The first-order chi connectivity index (χ1) is 12.2. The molecule has 0 radical (unpaired) electrons. The highest BCUT2D eigenvalue weighted by molar-refractivity contribution is 9.10. The zero-order valence-corrected chi connectivity index (χ0v) is 16.7. The number of benzene rings is 1. The molecule has 1 saturated heterocycles. The average Bonchev–Trinajstić information content (AvgIpc) is 3.06. The lowest BCUT2D eigenvalue weighted by Crippen LogP contribution is -2.38. The van der Waals surface area contributed by atoms with Crippen molar-refractivity contribution >= 4 is 43.5 Å². The van der Waals surface area contributed by atoms with Gasteiger partial charge >= 0.3 is 0 Å². The van der Waals surface area contributed by atoms with E-state index in [9.17, 15) is 22.8 Å².